The van der Waals surface area contributed by atoms with Gasteiger partial charge in [-0.3, -0.25) is 4.68 Å². The van der Waals surface area contributed by atoms with Crippen molar-refractivity contribution in [3.8, 4) is 29.2 Å². The highest BCUT2D eigenvalue weighted by molar-refractivity contribution is 6.32. The summed E-state index contributed by atoms with van der Waals surface area (Å²) in [5.41, 5.74) is 6.67. The minimum Gasteiger partial charge on any atom is -0.264 e. The number of benzene rings is 1. The van der Waals surface area contributed by atoms with Crippen LogP contribution >= 0.6 is 11.6 Å². The van der Waals surface area contributed by atoms with E-state index in [0.29, 0.717) is 23.0 Å². The van der Waals surface area contributed by atoms with Crippen LogP contribution in [-0.4, -0.2) is 9.78 Å². The van der Waals surface area contributed by atoms with Crippen LogP contribution in [0, 0.1) is 29.1 Å². The Hall–Kier alpha value is -3.01. The molecule has 0 saturated carbocycles. The van der Waals surface area contributed by atoms with E-state index < -0.39 is 0 Å². The van der Waals surface area contributed by atoms with Crippen molar-refractivity contribution in [2.75, 3.05) is 0 Å². The summed E-state index contributed by atoms with van der Waals surface area (Å²) in [7, 11) is 0. The summed E-state index contributed by atoms with van der Waals surface area (Å²) in [4.78, 5) is 0. The van der Waals surface area contributed by atoms with Gasteiger partial charge in [-0.05, 0) is 49.5 Å². The van der Waals surface area contributed by atoms with E-state index in [4.69, 9.17) is 22.0 Å². The molecule has 0 saturated heterocycles. The molecule has 1 aromatic carbocycles. The van der Waals surface area contributed by atoms with Crippen molar-refractivity contribution in [1.29, 1.82) is 5.26 Å². The fourth-order valence-corrected chi connectivity index (χ4v) is 3.75. The number of hydrogen-bond acceptors (Lipinski definition) is 2. The van der Waals surface area contributed by atoms with Crippen LogP contribution in [0.1, 0.15) is 43.5 Å². The second kappa shape index (κ2) is 9.66. The Balaban J connectivity index is 1.86. The first-order chi connectivity index (χ1) is 14.4. The molecular formula is C26H26ClN3. The number of halogens is 1. The lowest BCUT2D eigenvalue weighted by atomic mass is 9.93. The maximum Gasteiger partial charge on any atom is 0.101 e. The normalized spacial score (nSPS) is 12.9. The molecule has 0 radical (unpaired) electrons. The van der Waals surface area contributed by atoms with E-state index in [2.05, 4.69) is 49.6 Å². The van der Waals surface area contributed by atoms with Gasteiger partial charge in [0.1, 0.15) is 6.07 Å². The summed E-state index contributed by atoms with van der Waals surface area (Å²) in [5.74, 6) is 6.50. The molecule has 0 spiro atoms. The average Bonchev–Trinajstić information content (AvgIpc) is 3.09. The lowest BCUT2D eigenvalue weighted by Crippen LogP contribution is -2.10. The first-order valence-corrected chi connectivity index (χ1v) is 10.6. The molecule has 3 nitrogen and oxygen atoms in total. The summed E-state index contributed by atoms with van der Waals surface area (Å²) in [6, 6.07) is 7.64. The third-order valence-corrected chi connectivity index (χ3v) is 5.33. The Kier molecular flexibility index (Phi) is 6.99. The number of hydrogen-bond donors (Lipinski definition) is 0. The van der Waals surface area contributed by atoms with Gasteiger partial charge >= 0.3 is 0 Å². The third kappa shape index (κ3) is 5.12. The molecule has 152 valence electrons. The molecule has 0 aliphatic heterocycles. The molecule has 4 heteroatoms. The van der Waals surface area contributed by atoms with Crippen LogP contribution < -0.4 is 0 Å². The number of allylic oxidation sites excluding steroid dienone is 4. The monoisotopic (exact) mass is 415 g/mol. The van der Waals surface area contributed by atoms with Gasteiger partial charge < -0.3 is 0 Å². The van der Waals surface area contributed by atoms with Gasteiger partial charge in [-0.2, -0.15) is 10.4 Å². The molecular weight excluding hydrogens is 390 g/mol. The highest BCUT2D eigenvalue weighted by atomic mass is 35.5. The Morgan fingerprint density at radius 1 is 1.27 bits per heavy atom. The van der Waals surface area contributed by atoms with E-state index >= 15 is 0 Å². The van der Waals surface area contributed by atoms with Crippen molar-refractivity contribution < 1.29 is 0 Å². The van der Waals surface area contributed by atoms with Crippen LogP contribution in [0.3, 0.4) is 0 Å². The lowest BCUT2D eigenvalue weighted by Gasteiger charge is -2.14. The fraction of sp³-hybridized carbons (Fsp3) is 0.308. The van der Waals surface area contributed by atoms with E-state index in [1.54, 1.807) is 6.07 Å². The summed E-state index contributed by atoms with van der Waals surface area (Å²) in [5, 5.41) is 14.5. The van der Waals surface area contributed by atoms with Gasteiger partial charge in [0.25, 0.3) is 0 Å². The van der Waals surface area contributed by atoms with E-state index in [0.717, 1.165) is 48.1 Å². The number of nitriles is 1. The average molecular weight is 416 g/mol. The minimum absolute atomic E-state index is 0.322. The molecule has 0 bridgehead atoms. The van der Waals surface area contributed by atoms with Crippen molar-refractivity contribution in [1.82, 2.24) is 9.78 Å². The molecule has 1 heterocycles. The van der Waals surface area contributed by atoms with Gasteiger partial charge in [-0.25, -0.2) is 0 Å². The van der Waals surface area contributed by atoms with E-state index in [-0.39, 0.29) is 0 Å². The van der Waals surface area contributed by atoms with Gasteiger partial charge in [-0.15, -0.1) is 0 Å². The van der Waals surface area contributed by atoms with Crippen molar-refractivity contribution in [3.05, 3.63) is 76.5 Å². The Bertz CT molecular complexity index is 1110. The number of fused-ring (bicyclic) bond motifs is 1. The van der Waals surface area contributed by atoms with Crippen molar-refractivity contribution >= 4 is 11.6 Å². The summed E-state index contributed by atoms with van der Waals surface area (Å²) in [6.45, 7) is 12.9. The molecule has 2 aromatic rings. The molecule has 3 rings (SSSR count). The number of nitrogens with zero attached hydrogens (tertiary/aromatic N) is 3. The lowest BCUT2D eigenvalue weighted by molar-refractivity contribution is 0.596. The molecule has 0 atom stereocenters. The van der Waals surface area contributed by atoms with Gasteiger partial charge in [0.2, 0.25) is 0 Å². The van der Waals surface area contributed by atoms with Crippen molar-refractivity contribution in [2.24, 2.45) is 5.92 Å². The maximum atomic E-state index is 9.14. The third-order valence-electron chi connectivity index (χ3n) is 5.01. The molecule has 30 heavy (non-hydrogen) atoms. The highest BCUT2D eigenvalue weighted by Gasteiger charge is 2.22. The molecule has 0 N–H and O–H groups in total. The summed E-state index contributed by atoms with van der Waals surface area (Å²) < 4.78 is 2.06. The quantitative estimate of drug-likeness (QED) is 0.425. The van der Waals surface area contributed by atoms with Crippen LogP contribution in [0.4, 0.5) is 0 Å². The second-order valence-corrected chi connectivity index (χ2v) is 8.29. The maximum absolute atomic E-state index is 9.14. The van der Waals surface area contributed by atoms with E-state index in [1.807, 2.05) is 24.3 Å². The fourth-order valence-electron chi connectivity index (χ4n) is 3.53. The van der Waals surface area contributed by atoms with E-state index in [1.165, 1.54) is 11.3 Å². The zero-order valence-corrected chi connectivity index (χ0v) is 18.4. The topological polar surface area (TPSA) is 41.6 Å². The number of aromatic nitrogens is 2. The highest BCUT2D eigenvalue weighted by Crippen LogP contribution is 2.33. The minimum atomic E-state index is 0.322. The van der Waals surface area contributed by atoms with Crippen LogP contribution in [0.2, 0.25) is 5.02 Å². The largest absolute Gasteiger partial charge is 0.264 e. The Labute approximate surface area is 184 Å². The first kappa shape index (κ1) is 21.7. The van der Waals surface area contributed by atoms with Crippen molar-refractivity contribution in [3.63, 3.8) is 0 Å². The molecule has 0 unspecified atom stereocenters. The molecule has 1 aliphatic rings. The SMILES string of the molecule is C=C(C#CC(C)C)/C=C\C(=C)Cn1nc(-c2ccc(C#N)c(Cl)c2)c2c1CCCC2. The zero-order valence-electron chi connectivity index (χ0n) is 17.6. The van der Waals surface area contributed by atoms with Gasteiger partial charge in [0.15, 0.2) is 0 Å². The Morgan fingerprint density at radius 3 is 2.73 bits per heavy atom. The van der Waals surface area contributed by atoms with Crippen LogP contribution in [0.25, 0.3) is 11.3 Å². The Morgan fingerprint density at radius 2 is 2.03 bits per heavy atom. The molecule has 1 aromatic heterocycles. The van der Waals surface area contributed by atoms with Crippen LogP contribution in [-0.2, 0) is 19.4 Å². The summed E-state index contributed by atoms with van der Waals surface area (Å²) >= 11 is 6.27. The summed E-state index contributed by atoms with van der Waals surface area (Å²) in [6.07, 6.45) is 8.21. The van der Waals surface area contributed by atoms with Crippen molar-refractivity contribution in [2.45, 2.75) is 46.1 Å². The van der Waals surface area contributed by atoms with Gasteiger partial charge in [0.05, 0.1) is 22.8 Å². The predicted octanol–water partition coefficient (Wildman–Crippen LogP) is 6.28. The van der Waals surface area contributed by atoms with Crippen LogP contribution in [0.15, 0.2) is 54.7 Å². The first-order valence-electron chi connectivity index (χ1n) is 10.2. The van der Waals surface area contributed by atoms with Gasteiger partial charge in [0, 0.05) is 28.3 Å². The molecule has 1 aliphatic carbocycles. The standard InChI is InChI=1S/C26H26ClN3/c1-18(2)9-10-19(3)11-12-20(4)17-30-25-8-6-5-7-23(25)26(29-30)21-13-14-22(16-28)24(27)15-21/h11-15,18H,3-8,17H2,1-2H3/b12-11-. The zero-order chi connectivity index (χ0) is 21.7. The number of rotatable bonds is 5. The van der Waals surface area contributed by atoms with Gasteiger partial charge in [-0.1, -0.05) is 62.6 Å². The predicted molar refractivity (Wildman–Crippen MR) is 124 cm³/mol. The van der Waals surface area contributed by atoms with E-state index in [9.17, 15) is 0 Å². The smallest absolute Gasteiger partial charge is 0.101 e. The van der Waals surface area contributed by atoms with Crippen LogP contribution in [0.5, 0.6) is 0 Å². The second-order valence-electron chi connectivity index (χ2n) is 7.89. The molecule has 0 fully saturated rings. The molecule has 0 amide bonds.